The molecule has 5 fully saturated rings. The van der Waals surface area contributed by atoms with E-state index in [0.717, 1.165) is 32.1 Å². The van der Waals surface area contributed by atoms with Gasteiger partial charge < -0.3 is 50.0 Å². The second kappa shape index (κ2) is 11.7. The highest BCUT2D eigenvalue weighted by atomic mass is 16.7. The van der Waals surface area contributed by atoms with Crippen LogP contribution in [0.2, 0.25) is 0 Å². The van der Waals surface area contributed by atoms with Gasteiger partial charge in [-0.15, -0.1) is 0 Å². The average Bonchev–Trinajstić information content (AvgIpc) is 3.00. The molecular weight excluding hydrogens is 608 g/mol. The van der Waals surface area contributed by atoms with Crippen LogP contribution in [0.3, 0.4) is 0 Å². The predicted molar refractivity (Wildman–Crippen MR) is 169 cm³/mol. The van der Waals surface area contributed by atoms with Gasteiger partial charge in [0.05, 0.1) is 31.5 Å². The molecule has 16 atom stereocenters. The van der Waals surface area contributed by atoms with Crippen LogP contribution in [0.15, 0.2) is 11.6 Å². The summed E-state index contributed by atoms with van der Waals surface area (Å²) in [5.41, 5.74) is -1.66. The Morgan fingerprint density at radius 3 is 2.23 bits per heavy atom. The van der Waals surface area contributed by atoms with Crippen LogP contribution >= 0.6 is 0 Å². The zero-order valence-corrected chi connectivity index (χ0v) is 28.8. The third kappa shape index (κ3) is 4.88. The van der Waals surface area contributed by atoms with Crippen LogP contribution in [-0.2, 0) is 19.0 Å². The fraction of sp³-hybridized carbons (Fsp3) is 0.917. The zero-order chi connectivity index (χ0) is 34.5. The van der Waals surface area contributed by atoms with Gasteiger partial charge >= 0.3 is 0 Å². The molecule has 0 amide bonds. The Morgan fingerprint density at radius 2 is 1.60 bits per heavy atom. The number of ether oxygens (including phenoxy) is 3. The highest BCUT2D eigenvalue weighted by molar-refractivity contribution is 5.43. The fourth-order valence-corrected chi connectivity index (χ4v) is 12.3. The van der Waals surface area contributed by atoms with Crippen molar-refractivity contribution in [1.29, 1.82) is 0 Å². The van der Waals surface area contributed by atoms with Crippen LogP contribution in [0.1, 0.15) is 92.9 Å². The van der Waals surface area contributed by atoms with Gasteiger partial charge in [-0.05, 0) is 84.9 Å². The minimum absolute atomic E-state index is 0.0347. The van der Waals surface area contributed by atoms with E-state index in [1.54, 1.807) is 0 Å². The summed E-state index contributed by atoms with van der Waals surface area (Å²) in [5.74, 6) is -0.0847. The molecule has 11 nitrogen and oxygen atoms in total. The van der Waals surface area contributed by atoms with Crippen LogP contribution in [0.25, 0.3) is 0 Å². The summed E-state index contributed by atoms with van der Waals surface area (Å²) >= 11 is 0. The largest absolute Gasteiger partial charge is 0.458 e. The molecule has 4 saturated carbocycles. The summed E-state index contributed by atoms with van der Waals surface area (Å²) in [6.45, 7) is 12.8. The molecule has 6 aliphatic rings. The van der Waals surface area contributed by atoms with Gasteiger partial charge in [-0.3, -0.25) is 4.79 Å². The topological polar surface area (TPSA) is 186 Å². The number of hydrogen-bond acceptors (Lipinski definition) is 11. The Bertz CT molecular complexity index is 1240. The molecule has 1 heterocycles. The SMILES string of the molecule is CC1(C)CC[C@]2(OC=O)[C@@H](O)C[C@]3(C)C(=CC[C@@H]4[C@@]5(C)C[C@H](O)[C@H](O[C@@H]6O[C@H](CO)[C@@H](O)[C@H](O)[C@H]6O)[C@@](C)(CO)[C@@H]5CC[C@]43C)[C@@H]2C1. The molecule has 0 aromatic rings. The first-order chi connectivity index (χ1) is 21.9. The van der Waals surface area contributed by atoms with Crippen LogP contribution in [0.4, 0.5) is 0 Å². The van der Waals surface area contributed by atoms with Crippen molar-refractivity contribution in [2.24, 2.45) is 44.8 Å². The van der Waals surface area contributed by atoms with E-state index in [1.807, 2.05) is 6.92 Å². The Balaban J connectivity index is 1.35. The second-order valence-electron chi connectivity index (χ2n) is 17.8. The summed E-state index contributed by atoms with van der Waals surface area (Å²) < 4.78 is 17.8. The van der Waals surface area contributed by atoms with Crippen molar-refractivity contribution in [3.05, 3.63) is 11.6 Å². The molecule has 7 N–H and O–H groups in total. The number of aliphatic hydroxyl groups is 7. The smallest absolute Gasteiger partial charge is 0.293 e. The normalized spacial score (nSPS) is 55.4. The van der Waals surface area contributed by atoms with Crippen molar-refractivity contribution in [2.45, 2.75) is 148 Å². The molecule has 11 heteroatoms. The van der Waals surface area contributed by atoms with Gasteiger partial charge in [0.2, 0.25) is 0 Å². The maximum absolute atomic E-state index is 11.9. The van der Waals surface area contributed by atoms with E-state index in [9.17, 15) is 40.5 Å². The number of allylic oxidation sites excluding steroid dienone is 1. The number of aliphatic hydroxyl groups excluding tert-OH is 7. The van der Waals surface area contributed by atoms with Crippen molar-refractivity contribution in [3.8, 4) is 0 Å². The summed E-state index contributed by atoms with van der Waals surface area (Å²) in [4.78, 5) is 11.8. The lowest BCUT2D eigenvalue weighted by Crippen LogP contribution is -2.71. The van der Waals surface area contributed by atoms with Crippen LogP contribution in [0, 0.1) is 44.8 Å². The molecule has 1 saturated heterocycles. The lowest BCUT2D eigenvalue weighted by Gasteiger charge is -2.72. The minimum atomic E-state index is -1.62. The van der Waals surface area contributed by atoms with E-state index in [0.29, 0.717) is 25.7 Å². The van der Waals surface area contributed by atoms with Gasteiger partial charge in [0.15, 0.2) is 6.29 Å². The van der Waals surface area contributed by atoms with Gasteiger partial charge in [-0.1, -0.05) is 53.2 Å². The summed E-state index contributed by atoms with van der Waals surface area (Å²) in [6.07, 6.45) is -2.38. The Kier molecular flexibility index (Phi) is 8.88. The number of rotatable bonds is 6. The van der Waals surface area contributed by atoms with Crippen LogP contribution < -0.4 is 0 Å². The van der Waals surface area contributed by atoms with Gasteiger partial charge in [0.1, 0.15) is 30.0 Å². The Morgan fingerprint density at radius 1 is 0.894 bits per heavy atom. The molecule has 1 aliphatic heterocycles. The molecule has 0 aromatic heterocycles. The molecular formula is C36H58O11. The first-order valence-corrected chi connectivity index (χ1v) is 17.6. The highest BCUT2D eigenvalue weighted by Crippen LogP contribution is 2.75. The Labute approximate surface area is 278 Å². The van der Waals surface area contributed by atoms with Crippen LogP contribution in [0.5, 0.6) is 0 Å². The lowest BCUT2D eigenvalue weighted by atomic mass is 9.33. The van der Waals surface area contributed by atoms with Gasteiger partial charge in [-0.25, -0.2) is 0 Å². The molecule has 5 aliphatic carbocycles. The highest BCUT2D eigenvalue weighted by Gasteiger charge is 2.72. The number of carbonyl (C=O) groups is 1. The number of fused-ring (bicyclic) bond motifs is 7. The van der Waals surface area contributed by atoms with Gasteiger partial charge in [0.25, 0.3) is 6.47 Å². The predicted octanol–water partition coefficient (Wildman–Crippen LogP) is 1.81. The number of hydrogen-bond donors (Lipinski definition) is 7. The van der Waals surface area contributed by atoms with Gasteiger partial charge in [-0.2, -0.15) is 0 Å². The summed E-state index contributed by atoms with van der Waals surface area (Å²) in [6, 6.07) is 0. The molecule has 0 aromatic carbocycles. The molecule has 47 heavy (non-hydrogen) atoms. The van der Waals surface area contributed by atoms with Crippen molar-refractivity contribution in [3.63, 3.8) is 0 Å². The van der Waals surface area contributed by atoms with E-state index >= 15 is 0 Å². The van der Waals surface area contributed by atoms with E-state index in [2.05, 4.69) is 40.7 Å². The molecule has 0 spiro atoms. The third-order valence-electron chi connectivity index (χ3n) is 15.0. The molecule has 6 rings (SSSR count). The zero-order valence-electron chi connectivity index (χ0n) is 28.8. The third-order valence-corrected chi connectivity index (χ3v) is 15.0. The quantitative estimate of drug-likeness (QED) is 0.125. The van der Waals surface area contributed by atoms with Crippen molar-refractivity contribution >= 4 is 6.47 Å². The van der Waals surface area contributed by atoms with E-state index in [4.69, 9.17) is 14.2 Å². The first-order valence-electron chi connectivity index (χ1n) is 17.6. The molecule has 0 unspecified atom stereocenters. The lowest BCUT2D eigenvalue weighted by molar-refractivity contribution is -0.345. The van der Waals surface area contributed by atoms with Crippen molar-refractivity contribution in [2.75, 3.05) is 13.2 Å². The molecule has 0 bridgehead atoms. The average molecular weight is 667 g/mol. The monoisotopic (exact) mass is 666 g/mol. The fourth-order valence-electron chi connectivity index (χ4n) is 12.3. The Hall–Kier alpha value is -1.15. The minimum Gasteiger partial charge on any atom is -0.458 e. The van der Waals surface area contributed by atoms with Crippen molar-refractivity contribution < 1.29 is 54.8 Å². The molecule has 0 radical (unpaired) electrons. The summed E-state index contributed by atoms with van der Waals surface area (Å²) in [5, 5.41) is 76.0. The second-order valence-corrected chi connectivity index (χ2v) is 17.8. The standard InChI is InChI=1S/C36H58O11/c1-31(2)11-12-36(45-18-39)20(13-31)19-7-8-24-32(3)14-21(40)29(47-30-28(44)27(43)26(42)22(16-37)46-30)33(4,17-38)23(32)9-10-34(24,5)35(19,6)15-25(36)41/h7,18,20-30,37-38,40-44H,8-17H2,1-6H3/t20-,21-,22+,23+,24+,25-,26+,27-,28+,29-,30-,32-,33-,34+,35+,36+/m0/s1. The van der Waals surface area contributed by atoms with Crippen molar-refractivity contribution in [1.82, 2.24) is 0 Å². The maximum atomic E-state index is 11.9. The van der Waals surface area contributed by atoms with E-state index < -0.39 is 72.1 Å². The molecule has 268 valence electrons. The van der Waals surface area contributed by atoms with Crippen LogP contribution in [-0.4, -0.2) is 110 Å². The van der Waals surface area contributed by atoms with E-state index in [-0.39, 0.29) is 40.6 Å². The summed E-state index contributed by atoms with van der Waals surface area (Å²) in [7, 11) is 0. The first kappa shape index (κ1) is 35.7. The van der Waals surface area contributed by atoms with E-state index in [1.165, 1.54) is 5.57 Å². The van der Waals surface area contributed by atoms with Gasteiger partial charge in [0, 0.05) is 11.3 Å². The maximum Gasteiger partial charge on any atom is 0.293 e. The number of carbonyl (C=O) groups excluding carboxylic acids is 1.